The molecule has 1 unspecified atom stereocenters. The van der Waals surface area contributed by atoms with E-state index >= 15 is 0 Å². The molecule has 1 N–H and O–H groups in total. The van der Waals surface area contributed by atoms with Crippen LogP contribution in [0.5, 0.6) is 0 Å². The van der Waals surface area contributed by atoms with Crippen molar-refractivity contribution in [2.24, 2.45) is 5.92 Å². The Balaban J connectivity index is 2.51. The van der Waals surface area contributed by atoms with E-state index in [4.69, 9.17) is 9.26 Å². The van der Waals surface area contributed by atoms with Crippen LogP contribution in [0.1, 0.15) is 38.5 Å². The number of nitrogens with one attached hydrogen (secondary N) is 1. The molecular formula is C13H24N4O3. The van der Waals surface area contributed by atoms with Crippen molar-refractivity contribution < 1.29 is 14.1 Å². The molecule has 0 saturated carbocycles. The van der Waals surface area contributed by atoms with Crippen LogP contribution in [0.4, 0.5) is 4.79 Å². The first-order valence-corrected chi connectivity index (χ1v) is 6.77. The molecule has 0 aromatic carbocycles. The number of rotatable bonds is 7. The highest BCUT2D eigenvalue weighted by atomic mass is 16.5. The molecular weight excluding hydrogens is 260 g/mol. The van der Waals surface area contributed by atoms with E-state index in [0.29, 0.717) is 30.8 Å². The van der Waals surface area contributed by atoms with E-state index in [1.165, 1.54) is 0 Å². The highest BCUT2D eigenvalue weighted by molar-refractivity contribution is 5.74. The second-order valence-corrected chi connectivity index (χ2v) is 5.23. The smallest absolute Gasteiger partial charge is 0.317 e. The lowest BCUT2D eigenvalue weighted by Gasteiger charge is -2.19. The van der Waals surface area contributed by atoms with Crippen LogP contribution < -0.4 is 5.32 Å². The minimum absolute atomic E-state index is 0.196. The molecule has 0 aliphatic carbocycles. The van der Waals surface area contributed by atoms with Gasteiger partial charge in [0.2, 0.25) is 5.89 Å². The molecule has 2 amide bonds. The average Bonchev–Trinajstić information content (AvgIpc) is 2.83. The molecule has 1 aromatic heterocycles. The zero-order valence-electron chi connectivity index (χ0n) is 12.8. The van der Waals surface area contributed by atoms with Crippen molar-refractivity contribution in [3.05, 3.63) is 11.7 Å². The number of carbonyl (C=O) groups is 1. The van der Waals surface area contributed by atoms with Gasteiger partial charge in [-0.15, -0.1) is 0 Å². The Morgan fingerprint density at radius 1 is 1.45 bits per heavy atom. The molecule has 114 valence electrons. The van der Waals surface area contributed by atoms with E-state index in [0.717, 1.165) is 6.42 Å². The third-order valence-corrected chi connectivity index (χ3v) is 2.76. The predicted molar refractivity (Wildman–Crippen MR) is 74.3 cm³/mol. The normalized spacial score (nSPS) is 12.5. The fourth-order valence-corrected chi connectivity index (χ4v) is 1.58. The zero-order chi connectivity index (χ0) is 15.1. The van der Waals surface area contributed by atoms with Crippen LogP contribution in [0.25, 0.3) is 0 Å². The summed E-state index contributed by atoms with van der Waals surface area (Å²) in [4.78, 5) is 17.7. The molecule has 1 heterocycles. The molecule has 0 bridgehead atoms. The SMILES string of the molecule is COCCN(C)C(=O)NC(C)c1nc(CC(C)C)no1. The van der Waals surface area contributed by atoms with Crippen LogP contribution in [0.15, 0.2) is 4.52 Å². The quantitative estimate of drug-likeness (QED) is 0.823. The molecule has 7 nitrogen and oxygen atoms in total. The number of likely N-dealkylation sites (N-methyl/N-ethyl adjacent to an activating group) is 1. The largest absolute Gasteiger partial charge is 0.383 e. The predicted octanol–water partition coefficient (Wildman–Crippen LogP) is 1.62. The number of aromatic nitrogens is 2. The molecule has 0 aliphatic rings. The Labute approximate surface area is 119 Å². The molecule has 0 aliphatic heterocycles. The van der Waals surface area contributed by atoms with Gasteiger partial charge in [-0.25, -0.2) is 4.79 Å². The topological polar surface area (TPSA) is 80.5 Å². The van der Waals surface area contributed by atoms with Gasteiger partial charge in [0.05, 0.1) is 6.61 Å². The standard InChI is InChI=1S/C13H24N4O3/c1-9(2)8-11-15-12(20-16-11)10(3)14-13(18)17(4)6-7-19-5/h9-10H,6-8H2,1-5H3,(H,14,18). The fraction of sp³-hybridized carbons (Fsp3) is 0.769. The number of amides is 2. The van der Waals surface area contributed by atoms with Crippen LogP contribution >= 0.6 is 0 Å². The Bertz CT molecular complexity index is 420. The Hall–Kier alpha value is -1.63. The summed E-state index contributed by atoms with van der Waals surface area (Å²) in [5.74, 6) is 1.56. The summed E-state index contributed by atoms with van der Waals surface area (Å²) in [7, 11) is 3.31. The molecule has 0 saturated heterocycles. The lowest BCUT2D eigenvalue weighted by molar-refractivity contribution is 0.157. The number of nitrogens with zero attached hydrogens (tertiary/aromatic N) is 3. The van der Waals surface area contributed by atoms with Crippen LogP contribution in [-0.4, -0.2) is 48.4 Å². The summed E-state index contributed by atoms with van der Waals surface area (Å²) in [5.41, 5.74) is 0. The summed E-state index contributed by atoms with van der Waals surface area (Å²) in [6.07, 6.45) is 0.762. The first kappa shape index (κ1) is 16.4. The Kier molecular flexibility index (Phi) is 6.44. The van der Waals surface area contributed by atoms with Crippen LogP contribution in [-0.2, 0) is 11.2 Å². The van der Waals surface area contributed by atoms with E-state index in [1.54, 1.807) is 19.1 Å². The van der Waals surface area contributed by atoms with Gasteiger partial charge in [0.1, 0.15) is 6.04 Å². The van der Waals surface area contributed by atoms with Crippen molar-refractivity contribution in [3.8, 4) is 0 Å². The summed E-state index contributed by atoms with van der Waals surface area (Å²) in [5, 5.41) is 6.71. The summed E-state index contributed by atoms with van der Waals surface area (Å²) < 4.78 is 10.1. The van der Waals surface area contributed by atoms with Crippen molar-refractivity contribution in [2.75, 3.05) is 27.3 Å². The molecule has 0 fully saturated rings. The highest BCUT2D eigenvalue weighted by Crippen LogP contribution is 2.12. The lowest BCUT2D eigenvalue weighted by atomic mass is 10.1. The number of methoxy groups -OCH3 is 1. The number of ether oxygens (including phenoxy) is 1. The zero-order valence-corrected chi connectivity index (χ0v) is 12.8. The van der Waals surface area contributed by atoms with E-state index in [-0.39, 0.29) is 12.1 Å². The van der Waals surface area contributed by atoms with E-state index in [1.807, 2.05) is 6.92 Å². The van der Waals surface area contributed by atoms with Gasteiger partial charge in [-0.2, -0.15) is 4.98 Å². The molecule has 20 heavy (non-hydrogen) atoms. The second kappa shape index (κ2) is 7.84. The van der Waals surface area contributed by atoms with E-state index in [2.05, 4.69) is 29.3 Å². The second-order valence-electron chi connectivity index (χ2n) is 5.23. The van der Waals surface area contributed by atoms with Gasteiger partial charge < -0.3 is 19.5 Å². The van der Waals surface area contributed by atoms with Crippen LogP contribution in [0.2, 0.25) is 0 Å². The van der Waals surface area contributed by atoms with Gasteiger partial charge in [0.25, 0.3) is 0 Å². The van der Waals surface area contributed by atoms with Gasteiger partial charge in [-0.05, 0) is 12.8 Å². The Morgan fingerprint density at radius 2 is 2.15 bits per heavy atom. The van der Waals surface area contributed by atoms with Gasteiger partial charge in [0, 0.05) is 27.1 Å². The van der Waals surface area contributed by atoms with Crippen LogP contribution in [0.3, 0.4) is 0 Å². The average molecular weight is 284 g/mol. The molecule has 1 atom stereocenters. The highest BCUT2D eigenvalue weighted by Gasteiger charge is 2.18. The molecule has 1 aromatic rings. The minimum atomic E-state index is -0.319. The first-order valence-electron chi connectivity index (χ1n) is 6.77. The summed E-state index contributed by atoms with van der Waals surface area (Å²) in [6, 6.07) is -0.515. The van der Waals surface area contributed by atoms with Gasteiger partial charge >= 0.3 is 6.03 Å². The third kappa shape index (κ3) is 5.16. The minimum Gasteiger partial charge on any atom is -0.383 e. The fourth-order valence-electron chi connectivity index (χ4n) is 1.58. The summed E-state index contributed by atoms with van der Waals surface area (Å²) in [6.45, 7) is 7.02. The molecule has 1 rings (SSSR count). The van der Waals surface area contributed by atoms with Crippen molar-refractivity contribution in [1.29, 1.82) is 0 Å². The number of hydrogen-bond acceptors (Lipinski definition) is 5. The van der Waals surface area contributed by atoms with E-state index in [9.17, 15) is 4.79 Å². The maximum absolute atomic E-state index is 11.9. The first-order chi connectivity index (χ1) is 9.43. The van der Waals surface area contributed by atoms with Crippen molar-refractivity contribution >= 4 is 6.03 Å². The number of carbonyl (C=O) groups excluding carboxylic acids is 1. The number of urea groups is 1. The van der Waals surface area contributed by atoms with Crippen molar-refractivity contribution in [2.45, 2.75) is 33.2 Å². The lowest BCUT2D eigenvalue weighted by Crippen LogP contribution is -2.40. The van der Waals surface area contributed by atoms with Crippen molar-refractivity contribution in [3.63, 3.8) is 0 Å². The summed E-state index contributed by atoms with van der Waals surface area (Å²) >= 11 is 0. The van der Waals surface area contributed by atoms with Gasteiger partial charge in [-0.1, -0.05) is 19.0 Å². The maximum atomic E-state index is 11.9. The maximum Gasteiger partial charge on any atom is 0.317 e. The molecule has 0 radical (unpaired) electrons. The molecule has 0 spiro atoms. The number of hydrogen-bond donors (Lipinski definition) is 1. The molecule has 7 heteroatoms. The monoisotopic (exact) mass is 284 g/mol. The van der Waals surface area contributed by atoms with Gasteiger partial charge in [-0.3, -0.25) is 0 Å². The van der Waals surface area contributed by atoms with Gasteiger partial charge in [0.15, 0.2) is 5.82 Å². The Morgan fingerprint density at radius 3 is 2.75 bits per heavy atom. The van der Waals surface area contributed by atoms with Crippen LogP contribution in [0, 0.1) is 5.92 Å². The van der Waals surface area contributed by atoms with E-state index < -0.39 is 0 Å². The third-order valence-electron chi connectivity index (χ3n) is 2.76. The van der Waals surface area contributed by atoms with Crippen molar-refractivity contribution in [1.82, 2.24) is 20.4 Å².